The van der Waals surface area contributed by atoms with Crippen LogP contribution in [0.3, 0.4) is 0 Å². The summed E-state index contributed by atoms with van der Waals surface area (Å²) in [6.45, 7) is -1.24. The Kier molecular flexibility index (Phi) is 8.62. The van der Waals surface area contributed by atoms with Crippen LogP contribution in [0.4, 0.5) is 32.0 Å². The molecule has 5 nitrogen and oxygen atoms in total. The molecule has 0 aliphatic carbocycles. The first-order chi connectivity index (χ1) is 17.1. The average Bonchev–Trinajstić information content (AvgIpc) is 2.79. The summed E-state index contributed by atoms with van der Waals surface area (Å²) in [5.41, 5.74) is -3.62. The third-order valence-corrected chi connectivity index (χ3v) is 7.50. The quantitative estimate of drug-likeness (QED) is 0.287. The van der Waals surface area contributed by atoms with Crippen LogP contribution in [-0.4, -0.2) is 25.2 Å². The van der Waals surface area contributed by atoms with E-state index < -0.39 is 51.6 Å². The van der Waals surface area contributed by atoms with Crippen LogP contribution in [0.5, 0.6) is 0 Å². The third-order valence-electron chi connectivity index (χ3n) is 4.91. The van der Waals surface area contributed by atoms with E-state index in [1.165, 1.54) is 48.5 Å². The van der Waals surface area contributed by atoms with Crippen molar-refractivity contribution in [2.45, 2.75) is 23.8 Å². The van der Waals surface area contributed by atoms with Crippen molar-refractivity contribution in [1.82, 2.24) is 4.31 Å². The highest BCUT2D eigenvalue weighted by Gasteiger charge is 2.37. The van der Waals surface area contributed by atoms with Gasteiger partial charge in [0.15, 0.2) is 0 Å². The van der Waals surface area contributed by atoms with Crippen molar-refractivity contribution in [3.8, 4) is 0 Å². The van der Waals surface area contributed by atoms with Crippen LogP contribution in [0.15, 0.2) is 76.1 Å². The fourth-order valence-corrected chi connectivity index (χ4v) is 4.94. The second kappa shape index (κ2) is 11.0. The molecule has 0 aliphatic heterocycles. The molecule has 0 saturated heterocycles. The van der Waals surface area contributed by atoms with Gasteiger partial charge in [0.1, 0.15) is 0 Å². The van der Waals surface area contributed by atoms with E-state index >= 15 is 0 Å². The topological polar surface area (TPSA) is 66.5 Å². The summed E-state index contributed by atoms with van der Waals surface area (Å²) in [6, 6.07) is 12.0. The largest absolute Gasteiger partial charge is 0.416 e. The lowest BCUT2D eigenvalue weighted by molar-refractivity contribution is -0.143. The van der Waals surface area contributed by atoms with Crippen LogP contribution >= 0.6 is 27.5 Å². The predicted molar refractivity (Wildman–Crippen MR) is 128 cm³/mol. The Morgan fingerprint density at radius 3 is 1.86 bits per heavy atom. The number of alkyl halides is 6. The van der Waals surface area contributed by atoms with Gasteiger partial charge in [0.2, 0.25) is 15.9 Å². The molecular formula is C23H16BrClF6N2O3S. The summed E-state index contributed by atoms with van der Waals surface area (Å²) in [6.07, 6.45) is -10.2. The van der Waals surface area contributed by atoms with Gasteiger partial charge in [-0.25, -0.2) is 8.42 Å². The molecule has 14 heteroatoms. The fraction of sp³-hybridized carbons (Fsp3) is 0.174. The van der Waals surface area contributed by atoms with E-state index in [4.69, 9.17) is 11.6 Å². The van der Waals surface area contributed by atoms with Gasteiger partial charge in [0.05, 0.1) is 22.6 Å². The number of hydrogen-bond acceptors (Lipinski definition) is 3. The number of halogens is 8. The summed E-state index contributed by atoms with van der Waals surface area (Å²) in [5.74, 6) is -1.15. The number of sulfonamides is 1. The molecule has 1 N–H and O–H groups in total. The van der Waals surface area contributed by atoms with E-state index in [2.05, 4.69) is 15.9 Å². The van der Waals surface area contributed by atoms with Gasteiger partial charge in [-0.15, -0.1) is 0 Å². The molecule has 0 heterocycles. The van der Waals surface area contributed by atoms with Crippen LogP contribution in [0.25, 0.3) is 0 Å². The highest BCUT2D eigenvalue weighted by Crippen LogP contribution is 2.37. The summed E-state index contributed by atoms with van der Waals surface area (Å²) in [4.78, 5) is 12.5. The minimum atomic E-state index is -5.12. The van der Waals surface area contributed by atoms with Gasteiger partial charge in [-0.2, -0.15) is 30.6 Å². The van der Waals surface area contributed by atoms with Crippen molar-refractivity contribution in [3.63, 3.8) is 0 Å². The SMILES string of the molecule is O=C(CN(Cc1ccc(Cl)cc1)S(=O)(=O)c1ccc(Br)cc1)Nc1cc(C(F)(F)F)cc(C(F)(F)F)c1. The van der Waals surface area contributed by atoms with Crippen LogP contribution in [0, 0.1) is 0 Å². The van der Waals surface area contributed by atoms with E-state index in [1.807, 2.05) is 5.32 Å². The molecule has 198 valence electrons. The minimum Gasteiger partial charge on any atom is -0.325 e. The van der Waals surface area contributed by atoms with Crippen LogP contribution < -0.4 is 5.32 Å². The lowest BCUT2D eigenvalue weighted by Crippen LogP contribution is -2.37. The number of rotatable bonds is 7. The Labute approximate surface area is 221 Å². The van der Waals surface area contributed by atoms with Gasteiger partial charge >= 0.3 is 12.4 Å². The van der Waals surface area contributed by atoms with Crippen LogP contribution in [0.2, 0.25) is 5.02 Å². The molecule has 0 aliphatic rings. The maximum Gasteiger partial charge on any atom is 0.416 e. The number of anilines is 1. The van der Waals surface area contributed by atoms with Gasteiger partial charge in [0, 0.05) is 21.7 Å². The van der Waals surface area contributed by atoms with E-state index in [0.29, 0.717) is 27.2 Å². The molecule has 0 aromatic heterocycles. The van der Waals surface area contributed by atoms with Crippen LogP contribution in [-0.2, 0) is 33.7 Å². The predicted octanol–water partition coefficient (Wildman–Crippen LogP) is 6.97. The Bertz CT molecular complexity index is 1350. The second-order valence-corrected chi connectivity index (χ2v) is 11.0. The zero-order valence-corrected chi connectivity index (χ0v) is 21.5. The van der Waals surface area contributed by atoms with Gasteiger partial charge < -0.3 is 5.32 Å². The molecule has 0 fully saturated rings. The van der Waals surface area contributed by atoms with Crippen molar-refractivity contribution < 1.29 is 39.6 Å². The van der Waals surface area contributed by atoms with Gasteiger partial charge in [-0.1, -0.05) is 39.7 Å². The standard InChI is InChI=1S/C23H16BrClF6N2O3S/c24-17-3-7-20(8-4-17)37(35,36)33(12-14-1-5-18(25)6-2-14)13-21(34)32-19-10-15(22(26,27)28)9-16(11-19)23(29,30)31/h1-11H,12-13H2,(H,32,34). The monoisotopic (exact) mass is 628 g/mol. The fourth-order valence-electron chi connectivity index (χ4n) is 3.16. The second-order valence-electron chi connectivity index (χ2n) is 7.70. The van der Waals surface area contributed by atoms with Crippen molar-refractivity contribution in [1.29, 1.82) is 0 Å². The van der Waals surface area contributed by atoms with Gasteiger partial charge in [0.25, 0.3) is 0 Å². The zero-order chi connectivity index (χ0) is 27.6. The maximum atomic E-state index is 13.3. The first-order valence-corrected chi connectivity index (χ1v) is 12.8. The van der Waals surface area contributed by atoms with E-state index in [9.17, 15) is 39.6 Å². The van der Waals surface area contributed by atoms with Crippen molar-refractivity contribution in [3.05, 3.63) is 92.9 Å². The Hall–Kier alpha value is -2.61. The highest BCUT2D eigenvalue weighted by molar-refractivity contribution is 9.10. The summed E-state index contributed by atoms with van der Waals surface area (Å²) < 4.78 is 107. The summed E-state index contributed by atoms with van der Waals surface area (Å²) in [5, 5.41) is 2.32. The number of hydrogen-bond donors (Lipinski definition) is 1. The number of amides is 1. The normalized spacial score (nSPS) is 12.6. The average molecular weight is 630 g/mol. The number of benzene rings is 3. The Morgan fingerprint density at radius 2 is 1.38 bits per heavy atom. The number of carbonyl (C=O) groups is 1. The molecule has 0 saturated carbocycles. The number of nitrogens with one attached hydrogen (secondary N) is 1. The van der Waals surface area contributed by atoms with E-state index in [-0.39, 0.29) is 17.5 Å². The molecular weight excluding hydrogens is 614 g/mol. The molecule has 37 heavy (non-hydrogen) atoms. The highest BCUT2D eigenvalue weighted by atomic mass is 79.9. The first-order valence-electron chi connectivity index (χ1n) is 10.2. The molecule has 3 rings (SSSR count). The zero-order valence-electron chi connectivity index (χ0n) is 18.4. The molecule has 0 spiro atoms. The van der Waals surface area contributed by atoms with Crippen LogP contribution in [0.1, 0.15) is 16.7 Å². The molecule has 3 aromatic carbocycles. The van der Waals surface area contributed by atoms with Crippen molar-refractivity contribution >= 4 is 49.1 Å². The maximum absolute atomic E-state index is 13.3. The summed E-state index contributed by atoms with van der Waals surface area (Å²) >= 11 is 9.03. The molecule has 0 bridgehead atoms. The van der Waals surface area contributed by atoms with Gasteiger partial charge in [-0.05, 0) is 60.2 Å². The molecule has 0 unspecified atom stereocenters. The smallest absolute Gasteiger partial charge is 0.325 e. The molecule has 3 aromatic rings. The molecule has 0 atom stereocenters. The molecule has 0 radical (unpaired) electrons. The Morgan fingerprint density at radius 1 is 0.865 bits per heavy atom. The number of nitrogens with zero attached hydrogens (tertiary/aromatic N) is 1. The lowest BCUT2D eigenvalue weighted by atomic mass is 10.1. The Balaban J connectivity index is 1.94. The van der Waals surface area contributed by atoms with E-state index in [1.54, 1.807) is 0 Å². The lowest BCUT2D eigenvalue weighted by Gasteiger charge is -2.22. The van der Waals surface area contributed by atoms with Crippen molar-refractivity contribution in [2.24, 2.45) is 0 Å². The van der Waals surface area contributed by atoms with E-state index in [0.717, 1.165) is 4.31 Å². The summed E-state index contributed by atoms with van der Waals surface area (Å²) in [7, 11) is -4.32. The van der Waals surface area contributed by atoms with Gasteiger partial charge in [-0.3, -0.25) is 4.79 Å². The third kappa shape index (κ3) is 7.69. The number of carbonyl (C=O) groups excluding carboxylic acids is 1. The molecule has 1 amide bonds. The first kappa shape index (κ1) is 29.0. The minimum absolute atomic E-state index is 0.0828. The van der Waals surface area contributed by atoms with Crippen molar-refractivity contribution in [2.75, 3.05) is 11.9 Å².